The van der Waals surface area contributed by atoms with Crippen LogP contribution in [0.25, 0.3) is 0 Å². The Morgan fingerprint density at radius 3 is 2.63 bits per heavy atom. The summed E-state index contributed by atoms with van der Waals surface area (Å²) in [6.07, 6.45) is 1.31. The Hall–Kier alpha value is -3.48. The van der Waals surface area contributed by atoms with E-state index in [-0.39, 0.29) is 18.1 Å². The number of pyridine rings is 1. The molecule has 2 heterocycles. The van der Waals surface area contributed by atoms with Crippen LogP contribution in [0.2, 0.25) is 0 Å². The molecule has 0 bridgehead atoms. The van der Waals surface area contributed by atoms with Crippen LogP contribution in [0.1, 0.15) is 27.3 Å². The van der Waals surface area contributed by atoms with Crippen molar-refractivity contribution in [2.75, 3.05) is 6.61 Å². The van der Waals surface area contributed by atoms with Gasteiger partial charge in [-0.15, -0.1) is 0 Å². The molecule has 0 fully saturated rings. The van der Waals surface area contributed by atoms with E-state index in [1.54, 1.807) is 0 Å². The van der Waals surface area contributed by atoms with E-state index in [4.69, 9.17) is 4.74 Å². The number of carbonyl (C=O) groups is 1. The van der Waals surface area contributed by atoms with E-state index in [0.717, 1.165) is 17.0 Å². The van der Waals surface area contributed by atoms with Gasteiger partial charge in [0, 0.05) is 23.5 Å². The number of ether oxygens (including phenoxy) is 1. The van der Waals surface area contributed by atoms with Gasteiger partial charge in [0.2, 0.25) is 11.5 Å². The zero-order valence-electron chi connectivity index (χ0n) is 15.1. The van der Waals surface area contributed by atoms with Crippen molar-refractivity contribution in [2.45, 2.75) is 20.4 Å². The molecule has 2 aromatic heterocycles. The summed E-state index contributed by atoms with van der Waals surface area (Å²) < 4.78 is 7.44. The van der Waals surface area contributed by atoms with Crippen molar-refractivity contribution in [1.82, 2.24) is 9.55 Å². The summed E-state index contributed by atoms with van der Waals surface area (Å²) in [5, 5.41) is 11.0. The van der Waals surface area contributed by atoms with Crippen LogP contribution in [-0.2, 0) is 6.54 Å². The van der Waals surface area contributed by atoms with E-state index in [1.807, 2.05) is 50.2 Å². The molecule has 0 saturated carbocycles. The number of carbonyl (C=O) groups excluding carboxylic acids is 1. The molecule has 0 saturated heterocycles. The number of nitro groups is 1. The van der Waals surface area contributed by atoms with Gasteiger partial charge in [-0.2, -0.15) is 0 Å². The molecule has 7 nitrogen and oxygen atoms in total. The van der Waals surface area contributed by atoms with Crippen molar-refractivity contribution in [3.63, 3.8) is 0 Å². The van der Waals surface area contributed by atoms with Crippen molar-refractivity contribution >= 4 is 11.6 Å². The number of hydrogen-bond donors (Lipinski definition) is 0. The van der Waals surface area contributed by atoms with Crippen LogP contribution in [0.5, 0.6) is 5.75 Å². The maximum absolute atomic E-state index is 12.6. The lowest BCUT2D eigenvalue weighted by Crippen LogP contribution is -2.14. The molecule has 27 heavy (non-hydrogen) atoms. The van der Waals surface area contributed by atoms with Gasteiger partial charge in [-0.1, -0.05) is 30.3 Å². The van der Waals surface area contributed by atoms with Gasteiger partial charge in [0.25, 0.3) is 0 Å². The van der Waals surface area contributed by atoms with Crippen molar-refractivity contribution < 1.29 is 14.5 Å². The van der Waals surface area contributed by atoms with Gasteiger partial charge in [-0.3, -0.25) is 4.79 Å². The number of hydrogen-bond acceptors (Lipinski definition) is 5. The number of benzene rings is 1. The second-order valence-electron chi connectivity index (χ2n) is 6.15. The highest BCUT2D eigenvalue weighted by Gasteiger charge is 2.20. The largest absolute Gasteiger partial charge is 0.477 e. The van der Waals surface area contributed by atoms with E-state index in [1.165, 1.54) is 18.3 Å². The fourth-order valence-corrected chi connectivity index (χ4v) is 2.95. The highest BCUT2D eigenvalue weighted by molar-refractivity contribution is 5.98. The molecule has 0 unspecified atom stereocenters. The lowest BCUT2D eigenvalue weighted by Gasteiger charge is -2.10. The Labute approximate surface area is 156 Å². The molecule has 0 aliphatic rings. The average Bonchev–Trinajstić information content (AvgIpc) is 2.95. The van der Waals surface area contributed by atoms with Crippen molar-refractivity contribution in [2.24, 2.45) is 0 Å². The third-order valence-electron chi connectivity index (χ3n) is 4.34. The van der Waals surface area contributed by atoms with E-state index < -0.39 is 10.7 Å². The van der Waals surface area contributed by atoms with Crippen LogP contribution >= 0.6 is 0 Å². The maximum atomic E-state index is 12.6. The van der Waals surface area contributed by atoms with Crippen molar-refractivity contribution in [3.8, 4) is 5.75 Å². The van der Waals surface area contributed by atoms with Crippen LogP contribution < -0.4 is 4.74 Å². The smallest absolute Gasteiger partial charge is 0.406 e. The lowest BCUT2D eigenvalue weighted by atomic mass is 10.1. The van der Waals surface area contributed by atoms with E-state index in [9.17, 15) is 14.9 Å². The summed E-state index contributed by atoms with van der Waals surface area (Å²) in [6.45, 7) is 4.21. The van der Waals surface area contributed by atoms with E-state index >= 15 is 0 Å². The molecule has 0 spiro atoms. The Morgan fingerprint density at radius 1 is 1.19 bits per heavy atom. The Morgan fingerprint density at radius 2 is 1.93 bits per heavy atom. The number of ketones is 1. The lowest BCUT2D eigenvalue weighted by molar-refractivity contribution is -0.390. The van der Waals surface area contributed by atoms with Gasteiger partial charge in [0.05, 0.1) is 0 Å². The Kier molecular flexibility index (Phi) is 5.30. The van der Waals surface area contributed by atoms with Crippen LogP contribution in [0, 0.1) is 24.0 Å². The van der Waals surface area contributed by atoms with Gasteiger partial charge in [-0.25, -0.2) is 0 Å². The third kappa shape index (κ3) is 4.03. The Bertz CT molecular complexity index is 980. The first kappa shape index (κ1) is 18.3. The van der Waals surface area contributed by atoms with Gasteiger partial charge >= 0.3 is 5.82 Å². The molecule has 0 radical (unpaired) electrons. The number of Topliss-reactive ketones (excluding diaryl/α,β-unsaturated/α-hetero) is 1. The highest BCUT2D eigenvalue weighted by atomic mass is 16.6. The van der Waals surface area contributed by atoms with Gasteiger partial charge in [0.1, 0.15) is 6.20 Å². The number of nitrogens with zero attached hydrogens (tertiary/aromatic N) is 3. The predicted octanol–water partition coefficient (Wildman–Crippen LogP) is 3.72. The summed E-state index contributed by atoms with van der Waals surface area (Å²) in [6, 6.07) is 14.8. The molecule has 138 valence electrons. The molecule has 0 amide bonds. The van der Waals surface area contributed by atoms with E-state index in [0.29, 0.717) is 12.1 Å². The molecule has 1 aromatic carbocycles. The molecule has 7 heteroatoms. The molecular formula is C20H19N3O4. The minimum absolute atomic E-state index is 0.0195. The predicted molar refractivity (Wildman–Crippen MR) is 100 cm³/mol. The molecule has 0 atom stereocenters. The number of aryl methyl sites for hydroxylation is 1. The maximum Gasteiger partial charge on any atom is 0.406 e. The molecule has 3 rings (SSSR count). The fraction of sp³-hybridized carbons (Fsp3) is 0.200. The van der Waals surface area contributed by atoms with Crippen molar-refractivity contribution in [3.05, 3.63) is 87.4 Å². The zero-order chi connectivity index (χ0) is 19.4. The second-order valence-corrected chi connectivity index (χ2v) is 6.15. The molecule has 0 N–H and O–H groups in total. The van der Waals surface area contributed by atoms with Crippen LogP contribution in [-0.4, -0.2) is 26.9 Å². The van der Waals surface area contributed by atoms with Crippen LogP contribution in [0.15, 0.2) is 54.7 Å². The van der Waals surface area contributed by atoms with Gasteiger partial charge in [0.15, 0.2) is 6.61 Å². The van der Waals surface area contributed by atoms with E-state index in [2.05, 4.69) is 9.55 Å². The minimum Gasteiger partial charge on any atom is -0.477 e. The first-order chi connectivity index (χ1) is 13.0. The average molecular weight is 365 g/mol. The monoisotopic (exact) mass is 365 g/mol. The topological polar surface area (TPSA) is 87.3 Å². The summed E-state index contributed by atoms with van der Waals surface area (Å²) in [7, 11) is 0. The zero-order valence-corrected chi connectivity index (χ0v) is 15.1. The minimum atomic E-state index is -0.633. The molecule has 0 aliphatic heterocycles. The molecular weight excluding hydrogens is 346 g/mol. The standard InChI is InChI=1S/C20H19N3O4/c1-14-11-17(15(2)22(14)12-16-7-4-3-5-8-16)18(24)13-27-19-9-6-10-21-20(19)23(25)26/h3-11H,12-13H2,1-2H3. The Balaban J connectivity index is 1.76. The highest BCUT2D eigenvalue weighted by Crippen LogP contribution is 2.24. The van der Waals surface area contributed by atoms with Crippen LogP contribution in [0.3, 0.4) is 0 Å². The van der Waals surface area contributed by atoms with Gasteiger partial charge in [-0.05, 0) is 47.5 Å². The summed E-state index contributed by atoms with van der Waals surface area (Å²) in [5.74, 6) is -0.658. The summed E-state index contributed by atoms with van der Waals surface area (Å²) in [5.41, 5.74) is 3.49. The first-order valence-electron chi connectivity index (χ1n) is 8.43. The SMILES string of the molecule is Cc1cc(C(=O)COc2cccnc2[N+](=O)[O-])c(C)n1Cc1ccccc1. The van der Waals surface area contributed by atoms with Gasteiger partial charge < -0.3 is 19.4 Å². The quantitative estimate of drug-likeness (QED) is 0.362. The van der Waals surface area contributed by atoms with Crippen LogP contribution in [0.4, 0.5) is 5.82 Å². The number of aromatic nitrogens is 2. The summed E-state index contributed by atoms with van der Waals surface area (Å²) >= 11 is 0. The number of rotatable bonds is 7. The molecule has 3 aromatic rings. The first-order valence-corrected chi connectivity index (χ1v) is 8.43. The van der Waals surface area contributed by atoms with Crippen molar-refractivity contribution in [1.29, 1.82) is 0 Å². The molecule has 0 aliphatic carbocycles. The second kappa shape index (κ2) is 7.82. The normalized spacial score (nSPS) is 10.6. The fourth-order valence-electron chi connectivity index (χ4n) is 2.95. The summed E-state index contributed by atoms with van der Waals surface area (Å²) in [4.78, 5) is 26.6. The third-order valence-corrected chi connectivity index (χ3v) is 4.34.